The molecule has 72 valence electrons. The Kier molecular flexibility index (Phi) is 3.26. The van der Waals surface area contributed by atoms with E-state index in [0.717, 1.165) is 12.8 Å². The van der Waals surface area contributed by atoms with Gasteiger partial charge in [-0.2, -0.15) is 5.26 Å². The van der Waals surface area contributed by atoms with Gasteiger partial charge in [-0.1, -0.05) is 0 Å². The van der Waals surface area contributed by atoms with Crippen molar-refractivity contribution in [2.24, 2.45) is 0 Å². The van der Waals surface area contributed by atoms with Crippen molar-refractivity contribution in [3.05, 3.63) is 0 Å². The standard InChI is InChI=1S/C9H15N3O/c1-9(3-4-9)12-7-8(13)11-6-2-5-10/h12H,2-4,6-7H2,1H3,(H,11,13). The predicted molar refractivity (Wildman–Crippen MR) is 48.9 cm³/mol. The first kappa shape index (κ1) is 10.0. The third-order valence-electron chi connectivity index (χ3n) is 2.23. The Bertz CT molecular complexity index is 228. The van der Waals surface area contributed by atoms with Gasteiger partial charge in [0.15, 0.2) is 0 Å². The monoisotopic (exact) mass is 181 g/mol. The highest BCUT2D eigenvalue weighted by Gasteiger charge is 2.36. The third kappa shape index (κ3) is 3.90. The molecule has 0 bridgehead atoms. The molecule has 1 rings (SSSR count). The van der Waals surface area contributed by atoms with Crippen LogP contribution in [0.15, 0.2) is 0 Å². The van der Waals surface area contributed by atoms with E-state index >= 15 is 0 Å². The second-order valence-electron chi connectivity index (χ2n) is 3.67. The maximum Gasteiger partial charge on any atom is 0.234 e. The zero-order valence-electron chi connectivity index (χ0n) is 7.89. The van der Waals surface area contributed by atoms with Gasteiger partial charge in [0, 0.05) is 12.1 Å². The molecule has 0 saturated heterocycles. The largest absolute Gasteiger partial charge is 0.354 e. The molecule has 4 nitrogen and oxygen atoms in total. The van der Waals surface area contributed by atoms with Crippen molar-refractivity contribution in [1.29, 1.82) is 5.26 Å². The lowest BCUT2D eigenvalue weighted by Crippen LogP contribution is -2.39. The van der Waals surface area contributed by atoms with Crippen LogP contribution in [0.4, 0.5) is 0 Å². The number of hydrogen-bond donors (Lipinski definition) is 2. The van der Waals surface area contributed by atoms with Crippen molar-refractivity contribution < 1.29 is 4.79 Å². The van der Waals surface area contributed by atoms with E-state index < -0.39 is 0 Å². The first-order valence-corrected chi connectivity index (χ1v) is 4.55. The summed E-state index contributed by atoms with van der Waals surface area (Å²) in [6.45, 7) is 2.92. The van der Waals surface area contributed by atoms with Crippen LogP contribution in [-0.2, 0) is 4.79 Å². The van der Waals surface area contributed by atoms with Gasteiger partial charge in [0.1, 0.15) is 0 Å². The maximum atomic E-state index is 11.1. The molecule has 0 atom stereocenters. The number of nitrogens with zero attached hydrogens (tertiary/aromatic N) is 1. The Hall–Kier alpha value is -1.08. The van der Waals surface area contributed by atoms with Crippen molar-refractivity contribution in [2.45, 2.75) is 31.7 Å². The van der Waals surface area contributed by atoms with Crippen LogP contribution >= 0.6 is 0 Å². The Labute approximate surface area is 78.3 Å². The van der Waals surface area contributed by atoms with Crippen molar-refractivity contribution in [3.63, 3.8) is 0 Å². The zero-order valence-corrected chi connectivity index (χ0v) is 7.89. The van der Waals surface area contributed by atoms with E-state index in [9.17, 15) is 4.79 Å². The van der Waals surface area contributed by atoms with Crippen molar-refractivity contribution >= 4 is 5.91 Å². The molecule has 0 heterocycles. The highest BCUT2D eigenvalue weighted by molar-refractivity contribution is 5.78. The second kappa shape index (κ2) is 4.24. The molecule has 0 unspecified atom stereocenters. The number of carbonyl (C=O) groups excluding carboxylic acids is 1. The topological polar surface area (TPSA) is 64.9 Å². The van der Waals surface area contributed by atoms with Gasteiger partial charge < -0.3 is 10.6 Å². The number of nitriles is 1. The highest BCUT2D eigenvalue weighted by Crippen LogP contribution is 2.33. The average Bonchev–Trinajstić information content (AvgIpc) is 2.82. The molecule has 1 fully saturated rings. The zero-order chi connectivity index (χ0) is 9.73. The van der Waals surface area contributed by atoms with Crippen LogP contribution in [0.1, 0.15) is 26.2 Å². The molecule has 0 aromatic rings. The second-order valence-corrected chi connectivity index (χ2v) is 3.67. The first-order chi connectivity index (χ1) is 6.16. The summed E-state index contributed by atoms with van der Waals surface area (Å²) < 4.78 is 0. The fourth-order valence-electron chi connectivity index (χ4n) is 0.978. The molecule has 1 aliphatic rings. The molecular formula is C9H15N3O. The highest BCUT2D eigenvalue weighted by atomic mass is 16.1. The van der Waals surface area contributed by atoms with Gasteiger partial charge in [0.05, 0.1) is 19.0 Å². The van der Waals surface area contributed by atoms with Crippen LogP contribution in [0, 0.1) is 11.3 Å². The van der Waals surface area contributed by atoms with Crippen LogP contribution in [0.25, 0.3) is 0 Å². The lowest BCUT2D eigenvalue weighted by atomic mass is 10.3. The molecule has 13 heavy (non-hydrogen) atoms. The number of nitrogens with one attached hydrogen (secondary N) is 2. The predicted octanol–water partition coefficient (Wildman–Crippen LogP) is 0.158. The number of hydrogen-bond acceptors (Lipinski definition) is 3. The van der Waals surface area contributed by atoms with Crippen LogP contribution in [0.2, 0.25) is 0 Å². The van der Waals surface area contributed by atoms with E-state index in [1.54, 1.807) is 0 Å². The molecule has 0 radical (unpaired) electrons. The van der Waals surface area contributed by atoms with Crippen LogP contribution < -0.4 is 10.6 Å². The quantitative estimate of drug-likeness (QED) is 0.594. The van der Waals surface area contributed by atoms with Gasteiger partial charge in [0.25, 0.3) is 0 Å². The maximum absolute atomic E-state index is 11.1. The van der Waals surface area contributed by atoms with E-state index in [2.05, 4.69) is 17.6 Å². The summed E-state index contributed by atoms with van der Waals surface area (Å²) >= 11 is 0. The summed E-state index contributed by atoms with van der Waals surface area (Å²) in [5.74, 6) is -0.0247. The Morgan fingerprint density at radius 3 is 2.85 bits per heavy atom. The summed E-state index contributed by atoms with van der Waals surface area (Å²) in [7, 11) is 0. The summed E-state index contributed by atoms with van der Waals surface area (Å²) in [5, 5.41) is 14.1. The average molecular weight is 181 g/mol. The van der Waals surface area contributed by atoms with Gasteiger partial charge in [-0.05, 0) is 19.8 Å². The molecule has 1 amide bonds. The van der Waals surface area contributed by atoms with Gasteiger partial charge in [-0.15, -0.1) is 0 Å². The van der Waals surface area contributed by atoms with Crippen molar-refractivity contribution in [2.75, 3.05) is 13.1 Å². The van der Waals surface area contributed by atoms with Gasteiger partial charge >= 0.3 is 0 Å². The minimum absolute atomic E-state index is 0.0247. The normalized spacial score (nSPS) is 17.5. The van der Waals surface area contributed by atoms with Crippen molar-refractivity contribution in [3.8, 4) is 6.07 Å². The fourth-order valence-corrected chi connectivity index (χ4v) is 0.978. The molecule has 0 aromatic carbocycles. The van der Waals surface area contributed by atoms with Crippen LogP contribution in [-0.4, -0.2) is 24.5 Å². The summed E-state index contributed by atoms with van der Waals surface area (Å²) in [4.78, 5) is 11.1. The Balaban J connectivity index is 2.01. The van der Waals surface area contributed by atoms with Gasteiger partial charge in [0.2, 0.25) is 5.91 Å². The molecule has 2 N–H and O–H groups in total. The fraction of sp³-hybridized carbons (Fsp3) is 0.778. The van der Waals surface area contributed by atoms with E-state index in [1.807, 2.05) is 6.07 Å². The molecule has 1 saturated carbocycles. The molecular weight excluding hydrogens is 166 g/mol. The van der Waals surface area contributed by atoms with E-state index in [4.69, 9.17) is 5.26 Å². The van der Waals surface area contributed by atoms with E-state index in [-0.39, 0.29) is 11.4 Å². The summed E-state index contributed by atoms with van der Waals surface area (Å²) in [6, 6.07) is 1.97. The van der Waals surface area contributed by atoms with E-state index in [1.165, 1.54) is 0 Å². The smallest absolute Gasteiger partial charge is 0.234 e. The molecule has 1 aliphatic carbocycles. The van der Waals surface area contributed by atoms with E-state index in [0.29, 0.717) is 19.5 Å². The molecule has 0 aliphatic heterocycles. The lowest BCUT2D eigenvalue weighted by molar-refractivity contribution is -0.120. The van der Waals surface area contributed by atoms with Crippen LogP contribution in [0.3, 0.4) is 0 Å². The number of amides is 1. The molecule has 0 aromatic heterocycles. The minimum Gasteiger partial charge on any atom is -0.354 e. The van der Waals surface area contributed by atoms with Gasteiger partial charge in [-0.25, -0.2) is 0 Å². The van der Waals surface area contributed by atoms with Crippen LogP contribution in [0.5, 0.6) is 0 Å². The Morgan fingerprint density at radius 1 is 1.62 bits per heavy atom. The molecule has 0 spiro atoms. The third-order valence-corrected chi connectivity index (χ3v) is 2.23. The molecule has 4 heteroatoms. The van der Waals surface area contributed by atoms with Crippen molar-refractivity contribution in [1.82, 2.24) is 10.6 Å². The lowest BCUT2D eigenvalue weighted by Gasteiger charge is -2.10. The Morgan fingerprint density at radius 2 is 2.31 bits per heavy atom. The summed E-state index contributed by atoms with van der Waals surface area (Å²) in [5.41, 5.74) is 0.201. The SMILES string of the molecule is CC1(NCC(=O)NCCC#N)CC1. The minimum atomic E-state index is -0.0247. The van der Waals surface area contributed by atoms with Gasteiger partial charge in [-0.3, -0.25) is 4.79 Å². The number of rotatable bonds is 5. The summed E-state index contributed by atoms with van der Waals surface area (Å²) in [6.07, 6.45) is 2.68. The number of carbonyl (C=O) groups is 1. The first-order valence-electron chi connectivity index (χ1n) is 4.55.